The van der Waals surface area contributed by atoms with Gasteiger partial charge in [0.1, 0.15) is 12.1 Å². The van der Waals surface area contributed by atoms with E-state index in [2.05, 4.69) is 20.6 Å². The zero-order valence-electron chi connectivity index (χ0n) is 15.3. The van der Waals surface area contributed by atoms with Crippen LogP contribution in [0.1, 0.15) is 32.4 Å². The van der Waals surface area contributed by atoms with E-state index in [0.717, 1.165) is 0 Å². The standard InChI is InChI=1S/C16H26N6O5/c1-3-8(2)13(22-14(24)10(17)5-12(18)23)15(25)21-11(16(26)27)4-9-6-19-7-20-9/h6-8,10-11,13H,3-5,17H2,1-2H3,(H2,18,23)(H,19,20)(H,21,25)(H,22,24)(H,26,27)/t8-,10-,11-,13-/m0/s1. The Hall–Kier alpha value is -2.95. The van der Waals surface area contributed by atoms with Gasteiger partial charge in [-0.3, -0.25) is 14.4 Å². The molecule has 0 unspecified atom stereocenters. The van der Waals surface area contributed by atoms with Crippen molar-refractivity contribution < 1.29 is 24.3 Å². The Bertz CT molecular complexity index is 662. The number of amides is 3. The van der Waals surface area contributed by atoms with Crippen molar-refractivity contribution in [1.82, 2.24) is 20.6 Å². The lowest BCUT2D eigenvalue weighted by Crippen LogP contribution is -2.57. The molecular weight excluding hydrogens is 356 g/mol. The maximum atomic E-state index is 12.6. The molecule has 0 saturated carbocycles. The van der Waals surface area contributed by atoms with Crippen LogP contribution in [0.4, 0.5) is 0 Å². The number of nitrogens with one attached hydrogen (secondary N) is 3. The second-order valence-electron chi connectivity index (χ2n) is 6.33. The molecule has 1 aromatic rings. The molecule has 3 amide bonds. The first-order valence-corrected chi connectivity index (χ1v) is 8.50. The number of aromatic nitrogens is 2. The van der Waals surface area contributed by atoms with Crippen molar-refractivity contribution in [3.63, 3.8) is 0 Å². The zero-order valence-corrected chi connectivity index (χ0v) is 15.3. The number of carbonyl (C=O) groups is 4. The van der Waals surface area contributed by atoms with Gasteiger partial charge in [0.15, 0.2) is 0 Å². The largest absolute Gasteiger partial charge is 0.480 e. The first-order chi connectivity index (χ1) is 12.6. The monoisotopic (exact) mass is 382 g/mol. The summed E-state index contributed by atoms with van der Waals surface area (Å²) in [4.78, 5) is 53.7. The number of rotatable bonds is 11. The molecule has 0 saturated heterocycles. The van der Waals surface area contributed by atoms with Crippen LogP contribution in [0, 0.1) is 5.92 Å². The second kappa shape index (κ2) is 10.3. The van der Waals surface area contributed by atoms with Crippen LogP contribution in [0.3, 0.4) is 0 Å². The van der Waals surface area contributed by atoms with Gasteiger partial charge in [0.2, 0.25) is 17.7 Å². The van der Waals surface area contributed by atoms with Crippen molar-refractivity contribution in [3.05, 3.63) is 18.2 Å². The number of H-pyrrole nitrogens is 1. The summed E-state index contributed by atoms with van der Waals surface area (Å²) in [5.74, 6) is -3.63. The molecule has 1 aromatic heterocycles. The quantitative estimate of drug-likeness (QED) is 0.261. The van der Waals surface area contributed by atoms with Gasteiger partial charge in [-0.15, -0.1) is 0 Å². The van der Waals surface area contributed by atoms with Crippen molar-refractivity contribution in [2.24, 2.45) is 17.4 Å². The number of imidazole rings is 1. The maximum Gasteiger partial charge on any atom is 0.326 e. The second-order valence-corrected chi connectivity index (χ2v) is 6.33. The van der Waals surface area contributed by atoms with Gasteiger partial charge in [0.25, 0.3) is 0 Å². The van der Waals surface area contributed by atoms with Crippen LogP contribution in [0.25, 0.3) is 0 Å². The number of carboxylic acid groups (broad SMARTS) is 1. The number of nitrogens with zero attached hydrogens (tertiary/aromatic N) is 1. The Kier molecular flexibility index (Phi) is 8.39. The number of carboxylic acids is 1. The number of hydrogen-bond donors (Lipinski definition) is 6. The Morgan fingerprint density at radius 1 is 1.26 bits per heavy atom. The van der Waals surface area contributed by atoms with Crippen molar-refractivity contribution in [3.8, 4) is 0 Å². The van der Waals surface area contributed by atoms with E-state index < -0.39 is 41.8 Å². The first-order valence-electron chi connectivity index (χ1n) is 8.50. The van der Waals surface area contributed by atoms with E-state index in [1.807, 2.05) is 6.92 Å². The van der Waals surface area contributed by atoms with Crippen LogP contribution in [0.5, 0.6) is 0 Å². The van der Waals surface area contributed by atoms with Gasteiger partial charge >= 0.3 is 5.97 Å². The minimum atomic E-state index is -1.22. The molecule has 11 nitrogen and oxygen atoms in total. The van der Waals surface area contributed by atoms with Gasteiger partial charge < -0.3 is 32.2 Å². The van der Waals surface area contributed by atoms with Gasteiger partial charge in [-0.2, -0.15) is 0 Å². The number of primary amides is 1. The van der Waals surface area contributed by atoms with Crippen LogP contribution < -0.4 is 22.1 Å². The third-order valence-electron chi connectivity index (χ3n) is 4.14. The van der Waals surface area contributed by atoms with Gasteiger partial charge in [-0.25, -0.2) is 9.78 Å². The maximum absolute atomic E-state index is 12.6. The van der Waals surface area contributed by atoms with E-state index >= 15 is 0 Å². The van der Waals surface area contributed by atoms with Crippen LogP contribution in [0.15, 0.2) is 12.5 Å². The average molecular weight is 382 g/mol. The predicted octanol–water partition coefficient (Wildman–Crippen LogP) is -1.74. The zero-order chi connectivity index (χ0) is 20.6. The minimum Gasteiger partial charge on any atom is -0.480 e. The summed E-state index contributed by atoms with van der Waals surface area (Å²) in [6.45, 7) is 3.55. The Balaban J connectivity index is 2.84. The van der Waals surface area contributed by atoms with Crippen molar-refractivity contribution in [2.75, 3.05) is 0 Å². The number of carbonyl (C=O) groups excluding carboxylic acids is 3. The van der Waals surface area contributed by atoms with E-state index in [1.54, 1.807) is 6.92 Å². The summed E-state index contributed by atoms with van der Waals surface area (Å²) in [5, 5.41) is 14.3. The highest BCUT2D eigenvalue weighted by atomic mass is 16.4. The number of nitrogens with two attached hydrogens (primary N) is 2. The third kappa shape index (κ3) is 7.05. The molecular formula is C16H26N6O5. The predicted molar refractivity (Wildman–Crippen MR) is 95.0 cm³/mol. The molecule has 27 heavy (non-hydrogen) atoms. The van der Waals surface area contributed by atoms with E-state index in [4.69, 9.17) is 11.5 Å². The van der Waals surface area contributed by atoms with Crippen molar-refractivity contribution in [1.29, 1.82) is 0 Å². The molecule has 0 aliphatic heterocycles. The van der Waals surface area contributed by atoms with Gasteiger partial charge in [0, 0.05) is 18.3 Å². The smallest absolute Gasteiger partial charge is 0.326 e. The molecule has 8 N–H and O–H groups in total. The molecule has 0 radical (unpaired) electrons. The number of aromatic amines is 1. The summed E-state index contributed by atoms with van der Waals surface area (Å²) in [5.41, 5.74) is 11.2. The molecule has 0 aromatic carbocycles. The van der Waals surface area contributed by atoms with Gasteiger partial charge in [0.05, 0.1) is 18.8 Å². The molecule has 11 heteroatoms. The topological polar surface area (TPSA) is 193 Å². The highest BCUT2D eigenvalue weighted by molar-refractivity contribution is 5.93. The number of hydrogen-bond acceptors (Lipinski definition) is 6. The SMILES string of the molecule is CC[C@H](C)[C@H](NC(=O)[C@@H](N)CC(N)=O)C(=O)N[C@@H](Cc1cnc[nH]1)C(=O)O. The van der Waals surface area contributed by atoms with Crippen LogP contribution >= 0.6 is 0 Å². The number of aliphatic carboxylic acids is 1. The van der Waals surface area contributed by atoms with Gasteiger partial charge in [-0.05, 0) is 5.92 Å². The minimum absolute atomic E-state index is 0.00341. The van der Waals surface area contributed by atoms with E-state index in [-0.39, 0.29) is 18.8 Å². The van der Waals surface area contributed by atoms with Crippen LogP contribution in [0.2, 0.25) is 0 Å². The summed E-state index contributed by atoms with van der Waals surface area (Å²) < 4.78 is 0. The van der Waals surface area contributed by atoms with E-state index in [9.17, 15) is 24.3 Å². The molecule has 0 aliphatic rings. The molecule has 1 rings (SSSR count). The lowest BCUT2D eigenvalue weighted by Gasteiger charge is -2.26. The molecule has 4 atom stereocenters. The first kappa shape index (κ1) is 22.1. The fraction of sp³-hybridized carbons (Fsp3) is 0.562. The lowest BCUT2D eigenvalue weighted by atomic mass is 9.97. The Morgan fingerprint density at radius 3 is 2.41 bits per heavy atom. The summed E-state index contributed by atoms with van der Waals surface area (Å²) in [6.07, 6.45) is 3.04. The van der Waals surface area contributed by atoms with Crippen LogP contribution in [-0.2, 0) is 25.6 Å². The fourth-order valence-corrected chi connectivity index (χ4v) is 2.35. The molecule has 0 spiro atoms. The Morgan fingerprint density at radius 2 is 1.93 bits per heavy atom. The Labute approximate surface area is 156 Å². The van der Waals surface area contributed by atoms with Crippen LogP contribution in [-0.4, -0.2) is 56.9 Å². The highest BCUT2D eigenvalue weighted by Gasteiger charge is 2.31. The molecule has 150 valence electrons. The lowest BCUT2D eigenvalue weighted by molar-refractivity contribution is -0.142. The van der Waals surface area contributed by atoms with E-state index in [1.165, 1.54) is 12.5 Å². The van der Waals surface area contributed by atoms with Crippen molar-refractivity contribution >= 4 is 23.7 Å². The van der Waals surface area contributed by atoms with Gasteiger partial charge in [-0.1, -0.05) is 20.3 Å². The van der Waals surface area contributed by atoms with E-state index in [0.29, 0.717) is 12.1 Å². The molecule has 1 heterocycles. The normalized spacial score (nSPS) is 15.2. The highest BCUT2D eigenvalue weighted by Crippen LogP contribution is 2.10. The molecule has 0 fully saturated rings. The molecule has 0 aliphatic carbocycles. The summed E-state index contributed by atoms with van der Waals surface area (Å²) in [7, 11) is 0. The fourth-order valence-electron chi connectivity index (χ4n) is 2.35. The third-order valence-corrected chi connectivity index (χ3v) is 4.14. The summed E-state index contributed by atoms with van der Waals surface area (Å²) >= 11 is 0. The summed E-state index contributed by atoms with van der Waals surface area (Å²) in [6, 6.07) is -3.41. The average Bonchev–Trinajstić information content (AvgIpc) is 3.10. The molecule has 0 bridgehead atoms. The van der Waals surface area contributed by atoms with Crippen molar-refractivity contribution in [2.45, 2.75) is 51.2 Å².